The summed E-state index contributed by atoms with van der Waals surface area (Å²) in [5.41, 5.74) is 2.02. The third-order valence-electron chi connectivity index (χ3n) is 4.49. The van der Waals surface area contributed by atoms with Crippen LogP contribution in [0.25, 0.3) is 0 Å². The first-order valence-electron chi connectivity index (χ1n) is 7.95. The van der Waals surface area contributed by atoms with Crippen LogP contribution in [0, 0.1) is 0 Å². The Balaban J connectivity index is 2.01. The van der Waals surface area contributed by atoms with Crippen molar-refractivity contribution in [3.05, 3.63) is 45.1 Å². The number of halogens is 2. The van der Waals surface area contributed by atoms with Crippen molar-refractivity contribution < 1.29 is 9.59 Å². The van der Waals surface area contributed by atoms with E-state index in [0.29, 0.717) is 34.3 Å². The summed E-state index contributed by atoms with van der Waals surface area (Å²) in [7, 11) is 1.68. The van der Waals surface area contributed by atoms with Gasteiger partial charge in [-0.25, -0.2) is 4.79 Å². The van der Waals surface area contributed by atoms with Crippen LogP contribution in [-0.2, 0) is 4.79 Å². The van der Waals surface area contributed by atoms with E-state index in [0.717, 1.165) is 18.5 Å². The smallest absolute Gasteiger partial charge is 0.322 e. The zero-order chi connectivity index (χ0) is 17.4. The Bertz CT molecular complexity index is 733. The van der Waals surface area contributed by atoms with Crippen LogP contribution >= 0.6 is 23.2 Å². The monoisotopic (exact) mass is 367 g/mol. The van der Waals surface area contributed by atoms with E-state index in [9.17, 15) is 9.59 Å². The SMILES string of the molecule is CCCCN1CC2=C(C1=O)[C@@H](c1ccc(Cl)cc1Cl)NC(=O)N2C. The van der Waals surface area contributed by atoms with Gasteiger partial charge in [-0.1, -0.05) is 42.6 Å². The van der Waals surface area contributed by atoms with Gasteiger partial charge in [0.05, 0.1) is 23.9 Å². The topological polar surface area (TPSA) is 52.7 Å². The molecule has 0 bridgehead atoms. The highest BCUT2D eigenvalue weighted by molar-refractivity contribution is 6.35. The number of rotatable bonds is 4. The van der Waals surface area contributed by atoms with Gasteiger partial charge in [-0.15, -0.1) is 0 Å². The molecule has 0 spiro atoms. The first kappa shape index (κ1) is 17.1. The van der Waals surface area contributed by atoms with Gasteiger partial charge in [-0.3, -0.25) is 9.69 Å². The van der Waals surface area contributed by atoms with Crippen molar-refractivity contribution in [2.24, 2.45) is 0 Å². The third kappa shape index (κ3) is 2.87. The third-order valence-corrected chi connectivity index (χ3v) is 5.05. The van der Waals surface area contributed by atoms with Gasteiger partial charge >= 0.3 is 6.03 Å². The molecule has 24 heavy (non-hydrogen) atoms. The molecule has 1 aromatic carbocycles. The number of unbranched alkanes of at least 4 members (excludes halogenated alkanes) is 1. The van der Waals surface area contributed by atoms with Crippen LogP contribution < -0.4 is 5.32 Å². The molecule has 1 N–H and O–H groups in total. The number of hydrogen-bond acceptors (Lipinski definition) is 2. The standard InChI is InChI=1S/C17H19Cl2N3O2/c1-3-4-7-22-9-13-14(16(22)23)15(20-17(24)21(13)2)11-6-5-10(18)8-12(11)19/h5-6,8,15H,3-4,7,9H2,1-2H3,(H,20,24)/t15-/m1/s1. The Morgan fingerprint density at radius 1 is 1.29 bits per heavy atom. The maximum absolute atomic E-state index is 12.9. The van der Waals surface area contributed by atoms with Crippen molar-refractivity contribution in [3.8, 4) is 0 Å². The number of nitrogens with zero attached hydrogens (tertiary/aromatic N) is 2. The lowest BCUT2D eigenvalue weighted by Gasteiger charge is -2.31. The average molecular weight is 368 g/mol. The van der Waals surface area contributed by atoms with Crippen molar-refractivity contribution in [1.29, 1.82) is 0 Å². The summed E-state index contributed by atoms with van der Waals surface area (Å²) in [4.78, 5) is 28.5. The molecule has 3 rings (SSSR count). The Hall–Kier alpha value is -1.72. The number of likely N-dealkylation sites (N-methyl/N-ethyl adjacent to an activating group) is 1. The second-order valence-electron chi connectivity index (χ2n) is 6.05. The van der Waals surface area contributed by atoms with Gasteiger partial charge in [0, 0.05) is 23.6 Å². The molecular formula is C17H19Cl2N3O2. The molecule has 0 aliphatic carbocycles. The predicted molar refractivity (Wildman–Crippen MR) is 94.0 cm³/mol. The fourth-order valence-electron chi connectivity index (χ4n) is 3.12. The van der Waals surface area contributed by atoms with Gasteiger partial charge < -0.3 is 10.2 Å². The number of nitrogens with one attached hydrogen (secondary N) is 1. The summed E-state index contributed by atoms with van der Waals surface area (Å²) < 4.78 is 0. The lowest BCUT2D eigenvalue weighted by atomic mass is 9.95. The van der Waals surface area contributed by atoms with Gasteiger partial charge in [0.25, 0.3) is 5.91 Å². The average Bonchev–Trinajstić information content (AvgIpc) is 2.87. The van der Waals surface area contributed by atoms with Crippen molar-refractivity contribution in [1.82, 2.24) is 15.1 Å². The second-order valence-corrected chi connectivity index (χ2v) is 6.89. The van der Waals surface area contributed by atoms with Crippen molar-refractivity contribution in [2.45, 2.75) is 25.8 Å². The zero-order valence-corrected chi connectivity index (χ0v) is 15.1. The number of carbonyl (C=O) groups is 2. The zero-order valence-electron chi connectivity index (χ0n) is 13.6. The molecule has 3 amide bonds. The molecule has 0 aromatic heterocycles. The molecule has 7 heteroatoms. The van der Waals surface area contributed by atoms with Crippen molar-refractivity contribution in [2.75, 3.05) is 20.1 Å². The summed E-state index contributed by atoms with van der Waals surface area (Å²) in [6.45, 7) is 3.23. The van der Waals surface area contributed by atoms with Crippen LogP contribution in [-0.4, -0.2) is 41.9 Å². The van der Waals surface area contributed by atoms with Gasteiger partial charge in [0.1, 0.15) is 0 Å². The van der Waals surface area contributed by atoms with Crippen LogP contribution in [0.3, 0.4) is 0 Å². The second kappa shape index (κ2) is 6.65. The predicted octanol–water partition coefficient (Wildman–Crippen LogP) is 3.59. The van der Waals surface area contributed by atoms with Crippen molar-refractivity contribution >= 4 is 35.1 Å². The number of hydrogen-bond donors (Lipinski definition) is 1. The van der Waals surface area contributed by atoms with E-state index >= 15 is 0 Å². The van der Waals surface area contributed by atoms with Gasteiger partial charge in [-0.2, -0.15) is 0 Å². The van der Waals surface area contributed by atoms with Crippen LogP contribution in [0.5, 0.6) is 0 Å². The van der Waals surface area contributed by atoms with Crippen LogP contribution in [0.4, 0.5) is 4.79 Å². The summed E-state index contributed by atoms with van der Waals surface area (Å²) in [6.07, 6.45) is 1.94. The number of benzene rings is 1. The Kier molecular flexibility index (Phi) is 4.74. The molecule has 1 atom stereocenters. The van der Waals surface area contributed by atoms with E-state index in [1.165, 1.54) is 4.90 Å². The molecule has 1 aromatic rings. The molecule has 0 unspecified atom stereocenters. The quantitative estimate of drug-likeness (QED) is 0.883. The molecule has 2 heterocycles. The summed E-state index contributed by atoms with van der Waals surface area (Å²) in [6, 6.07) is 4.30. The largest absolute Gasteiger partial charge is 0.333 e. The minimum Gasteiger partial charge on any atom is -0.333 e. The molecular weight excluding hydrogens is 349 g/mol. The van der Waals surface area contributed by atoms with E-state index in [1.807, 2.05) is 0 Å². The highest BCUT2D eigenvalue weighted by Gasteiger charge is 2.43. The van der Waals surface area contributed by atoms with Gasteiger partial charge in [0.15, 0.2) is 0 Å². The number of amides is 3. The summed E-state index contributed by atoms with van der Waals surface area (Å²) in [5.74, 6) is -0.0404. The molecule has 2 aliphatic heterocycles. The lowest BCUT2D eigenvalue weighted by molar-refractivity contribution is -0.125. The normalized spacial score (nSPS) is 20.6. The molecule has 2 aliphatic rings. The summed E-state index contributed by atoms with van der Waals surface area (Å²) >= 11 is 12.3. The number of carbonyl (C=O) groups excluding carboxylic acids is 2. The molecule has 0 saturated carbocycles. The molecule has 0 saturated heterocycles. The lowest BCUT2D eigenvalue weighted by Crippen LogP contribution is -2.45. The van der Waals surface area contributed by atoms with E-state index < -0.39 is 6.04 Å². The number of urea groups is 1. The summed E-state index contributed by atoms with van der Waals surface area (Å²) in [5, 5.41) is 3.82. The van der Waals surface area contributed by atoms with Crippen LogP contribution in [0.2, 0.25) is 10.0 Å². The highest BCUT2D eigenvalue weighted by Crippen LogP contribution is 2.38. The Morgan fingerprint density at radius 3 is 2.71 bits per heavy atom. The van der Waals surface area contributed by atoms with Crippen molar-refractivity contribution in [3.63, 3.8) is 0 Å². The van der Waals surface area contributed by atoms with Crippen LogP contribution in [0.1, 0.15) is 31.4 Å². The van der Waals surface area contributed by atoms with Gasteiger partial charge in [0.2, 0.25) is 0 Å². The van der Waals surface area contributed by atoms with E-state index in [1.54, 1.807) is 30.1 Å². The van der Waals surface area contributed by atoms with E-state index in [-0.39, 0.29) is 11.9 Å². The molecule has 128 valence electrons. The molecule has 5 nitrogen and oxygen atoms in total. The van der Waals surface area contributed by atoms with Gasteiger partial charge in [-0.05, 0) is 24.1 Å². The maximum atomic E-state index is 12.9. The Morgan fingerprint density at radius 2 is 2.04 bits per heavy atom. The Labute approximate surface area is 151 Å². The minimum atomic E-state index is -0.549. The van der Waals surface area contributed by atoms with E-state index in [4.69, 9.17) is 23.2 Å². The van der Waals surface area contributed by atoms with Crippen LogP contribution in [0.15, 0.2) is 29.5 Å². The minimum absolute atomic E-state index is 0.0404. The first-order chi connectivity index (χ1) is 11.4. The fraction of sp³-hybridized carbons (Fsp3) is 0.412. The molecule has 0 fully saturated rings. The van der Waals surface area contributed by atoms with E-state index in [2.05, 4.69) is 12.2 Å². The maximum Gasteiger partial charge on any atom is 0.322 e. The molecule has 0 radical (unpaired) electrons. The highest BCUT2D eigenvalue weighted by atomic mass is 35.5. The first-order valence-corrected chi connectivity index (χ1v) is 8.71. The fourth-order valence-corrected chi connectivity index (χ4v) is 3.64.